The molecule has 0 saturated carbocycles. The predicted octanol–water partition coefficient (Wildman–Crippen LogP) is 1.65. The minimum absolute atomic E-state index is 0.114. The Balaban J connectivity index is 1.72. The topological polar surface area (TPSA) is 115 Å². The Labute approximate surface area is 149 Å². The lowest BCUT2D eigenvalue weighted by Crippen LogP contribution is -2.47. The van der Waals surface area contributed by atoms with E-state index >= 15 is 0 Å². The molecule has 26 heavy (non-hydrogen) atoms. The molecule has 0 fully saturated rings. The highest BCUT2D eigenvalue weighted by molar-refractivity contribution is 6.00. The van der Waals surface area contributed by atoms with Gasteiger partial charge in [0, 0.05) is 5.69 Å². The van der Waals surface area contributed by atoms with Crippen LogP contribution in [0.5, 0.6) is 0 Å². The van der Waals surface area contributed by atoms with E-state index in [2.05, 4.69) is 26.2 Å². The molecule has 2 aromatic heterocycles. The number of rotatable bonds is 6. The third kappa shape index (κ3) is 3.94. The lowest BCUT2D eigenvalue weighted by molar-refractivity contribution is -0.118. The van der Waals surface area contributed by atoms with E-state index < -0.39 is 11.9 Å². The first-order valence-corrected chi connectivity index (χ1v) is 8.03. The van der Waals surface area contributed by atoms with Gasteiger partial charge < -0.3 is 15.1 Å². The summed E-state index contributed by atoms with van der Waals surface area (Å²) >= 11 is 0. The van der Waals surface area contributed by atoms with Gasteiger partial charge in [0.05, 0.1) is 12.0 Å². The highest BCUT2D eigenvalue weighted by Crippen LogP contribution is 2.15. The predicted molar refractivity (Wildman–Crippen MR) is 92.6 cm³/mol. The van der Waals surface area contributed by atoms with Crippen LogP contribution in [0.3, 0.4) is 0 Å². The van der Waals surface area contributed by atoms with Gasteiger partial charge in [-0.1, -0.05) is 19.9 Å². The smallest absolute Gasteiger partial charge is 0.287 e. The molecule has 0 aliphatic rings. The van der Waals surface area contributed by atoms with Gasteiger partial charge in [0.1, 0.15) is 12.4 Å². The van der Waals surface area contributed by atoms with Crippen molar-refractivity contribution < 1.29 is 14.0 Å². The monoisotopic (exact) mass is 354 g/mol. The highest BCUT2D eigenvalue weighted by atomic mass is 16.3. The molecule has 2 N–H and O–H groups in total. The number of benzene rings is 1. The molecule has 1 atom stereocenters. The number of amides is 2. The van der Waals surface area contributed by atoms with Crippen LogP contribution in [-0.2, 0) is 4.79 Å². The summed E-state index contributed by atoms with van der Waals surface area (Å²) in [7, 11) is 0. The number of aromatic nitrogens is 4. The molecular formula is C17H18N6O3. The summed E-state index contributed by atoms with van der Waals surface area (Å²) in [5.74, 6) is -0.721. The molecule has 0 radical (unpaired) electrons. The first kappa shape index (κ1) is 17.3. The van der Waals surface area contributed by atoms with E-state index in [0.717, 1.165) is 0 Å². The van der Waals surface area contributed by atoms with Crippen LogP contribution in [0.4, 0.5) is 5.69 Å². The van der Waals surface area contributed by atoms with Gasteiger partial charge in [0.25, 0.3) is 5.91 Å². The first-order valence-electron chi connectivity index (χ1n) is 8.03. The summed E-state index contributed by atoms with van der Waals surface area (Å²) in [5.41, 5.74) is 1.27. The SMILES string of the molecule is CC(C)C(NC(=O)c1ccco1)C(=O)Nc1cccc(-n2cnnn2)c1. The first-order chi connectivity index (χ1) is 12.5. The van der Waals surface area contributed by atoms with E-state index in [1.807, 2.05) is 19.9 Å². The van der Waals surface area contributed by atoms with Crippen LogP contribution >= 0.6 is 0 Å². The van der Waals surface area contributed by atoms with Crippen LogP contribution in [0.25, 0.3) is 5.69 Å². The van der Waals surface area contributed by atoms with Crippen LogP contribution in [0.15, 0.2) is 53.4 Å². The maximum absolute atomic E-state index is 12.7. The summed E-state index contributed by atoms with van der Waals surface area (Å²) in [6, 6.07) is 9.51. The zero-order valence-electron chi connectivity index (χ0n) is 14.3. The molecule has 0 aliphatic heterocycles. The fraction of sp³-hybridized carbons (Fsp3) is 0.235. The van der Waals surface area contributed by atoms with Crippen molar-refractivity contribution in [1.82, 2.24) is 25.5 Å². The van der Waals surface area contributed by atoms with Crippen LogP contribution < -0.4 is 10.6 Å². The summed E-state index contributed by atoms with van der Waals surface area (Å²) < 4.78 is 6.55. The number of nitrogens with one attached hydrogen (secondary N) is 2. The second kappa shape index (κ2) is 7.60. The Morgan fingerprint density at radius 1 is 1.19 bits per heavy atom. The number of hydrogen-bond donors (Lipinski definition) is 2. The van der Waals surface area contributed by atoms with Crippen molar-refractivity contribution in [3.63, 3.8) is 0 Å². The van der Waals surface area contributed by atoms with Crippen molar-refractivity contribution in [2.24, 2.45) is 5.92 Å². The molecule has 3 rings (SSSR count). The van der Waals surface area contributed by atoms with Crippen molar-refractivity contribution in [3.8, 4) is 5.69 Å². The van der Waals surface area contributed by atoms with Gasteiger partial charge in [-0.15, -0.1) is 5.10 Å². The number of carbonyl (C=O) groups excluding carboxylic acids is 2. The lowest BCUT2D eigenvalue weighted by atomic mass is 10.0. The Morgan fingerprint density at radius 3 is 2.69 bits per heavy atom. The zero-order valence-corrected chi connectivity index (χ0v) is 14.3. The third-order valence-corrected chi connectivity index (χ3v) is 3.71. The van der Waals surface area contributed by atoms with E-state index in [9.17, 15) is 9.59 Å². The molecule has 2 amide bonds. The van der Waals surface area contributed by atoms with Gasteiger partial charge in [0.2, 0.25) is 5.91 Å². The van der Waals surface area contributed by atoms with Crippen molar-refractivity contribution in [2.45, 2.75) is 19.9 Å². The Morgan fingerprint density at radius 2 is 2.04 bits per heavy atom. The number of furan rings is 1. The van der Waals surface area contributed by atoms with Gasteiger partial charge in [-0.3, -0.25) is 9.59 Å². The average Bonchev–Trinajstić information content (AvgIpc) is 3.32. The van der Waals surface area contributed by atoms with Crippen LogP contribution in [-0.4, -0.2) is 38.1 Å². The van der Waals surface area contributed by atoms with Gasteiger partial charge in [0.15, 0.2) is 5.76 Å². The van der Waals surface area contributed by atoms with Crippen molar-refractivity contribution in [2.75, 3.05) is 5.32 Å². The Bertz CT molecular complexity index is 874. The second-order valence-electron chi connectivity index (χ2n) is 5.97. The lowest BCUT2D eigenvalue weighted by Gasteiger charge is -2.21. The average molecular weight is 354 g/mol. The molecule has 2 heterocycles. The minimum Gasteiger partial charge on any atom is -0.459 e. The van der Waals surface area contributed by atoms with E-state index in [4.69, 9.17) is 4.42 Å². The van der Waals surface area contributed by atoms with E-state index in [1.54, 1.807) is 30.3 Å². The van der Waals surface area contributed by atoms with E-state index in [0.29, 0.717) is 11.4 Å². The van der Waals surface area contributed by atoms with E-state index in [-0.39, 0.29) is 17.6 Å². The van der Waals surface area contributed by atoms with Gasteiger partial charge in [-0.05, 0) is 46.7 Å². The van der Waals surface area contributed by atoms with Crippen molar-refractivity contribution in [1.29, 1.82) is 0 Å². The zero-order chi connectivity index (χ0) is 18.5. The van der Waals surface area contributed by atoms with Crippen LogP contribution in [0, 0.1) is 5.92 Å². The third-order valence-electron chi connectivity index (χ3n) is 3.71. The highest BCUT2D eigenvalue weighted by Gasteiger charge is 2.25. The minimum atomic E-state index is -0.718. The molecular weight excluding hydrogens is 336 g/mol. The number of nitrogens with zero attached hydrogens (tertiary/aromatic N) is 4. The molecule has 1 aromatic carbocycles. The second-order valence-corrected chi connectivity index (χ2v) is 5.97. The van der Waals surface area contributed by atoms with Crippen LogP contribution in [0.1, 0.15) is 24.4 Å². The molecule has 0 aliphatic carbocycles. The maximum atomic E-state index is 12.7. The number of anilines is 1. The molecule has 0 bridgehead atoms. The van der Waals surface area contributed by atoms with Crippen molar-refractivity contribution in [3.05, 3.63) is 54.7 Å². The molecule has 9 heteroatoms. The standard InChI is InChI=1S/C17H18N6O3/c1-11(2)15(20-16(24)14-7-4-8-26-14)17(25)19-12-5-3-6-13(9-12)23-10-18-21-22-23/h3-11,15H,1-2H3,(H,19,25)(H,20,24). The number of carbonyl (C=O) groups is 2. The fourth-order valence-electron chi connectivity index (χ4n) is 2.38. The molecule has 3 aromatic rings. The van der Waals surface area contributed by atoms with Crippen LogP contribution in [0.2, 0.25) is 0 Å². The summed E-state index contributed by atoms with van der Waals surface area (Å²) in [6.45, 7) is 3.70. The van der Waals surface area contributed by atoms with E-state index in [1.165, 1.54) is 17.3 Å². The molecule has 0 spiro atoms. The molecule has 0 saturated heterocycles. The number of tetrazole rings is 1. The van der Waals surface area contributed by atoms with Gasteiger partial charge in [-0.25, -0.2) is 4.68 Å². The summed E-state index contributed by atoms with van der Waals surface area (Å²) in [4.78, 5) is 24.8. The van der Waals surface area contributed by atoms with Crippen molar-refractivity contribution >= 4 is 17.5 Å². The maximum Gasteiger partial charge on any atom is 0.287 e. The molecule has 9 nitrogen and oxygen atoms in total. The molecule has 1 unspecified atom stereocenters. The Hall–Kier alpha value is -3.49. The summed E-state index contributed by atoms with van der Waals surface area (Å²) in [5, 5.41) is 16.5. The Kier molecular flexibility index (Phi) is 5.07. The quantitative estimate of drug-likeness (QED) is 0.695. The van der Waals surface area contributed by atoms with Gasteiger partial charge in [-0.2, -0.15) is 0 Å². The number of hydrogen-bond acceptors (Lipinski definition) is 6. The van der Waals surface area contributed by atoms with Gasteiger partial charge >= 0.3 is 0 Å². The fourth-order valence-corrected chi connectivity index (χ4v) is 2.38. The normalized spacial score (nSPS) is 12.0. The summed E-state index contributed by atoms with van der Waals surface area (Å²) in [6.07, 6.45) is 2.87. The largest absolute Gasteiger partial charge is 0.459 e. The molecule has 134 valence electrons.